The zero-order valence-corrected chi connectivity index (χ0v) is 14.1. The van der Waals surface area contributed by atoms with Gasteiger partial charge in [0.05, 0.1) is 5.69 Å². The maximum atomic E-state index is 6.08. The summed E-state index contributed by atoms with van der Waals surface area (Å²) in [4.78, 5) is 14.2. The molecule has 6 heteroatoms. The van der Waals surface area contributed by atoms with Gasteiger partial charge in [-0.1, -0.05) is 6.92 Å². The maximum Gasteiger partial charge on any atom is 0.149 e. The van der Waals surface area contributed by atoms with E-state index in [1.807, 2.05) is 6.20 Å². The first-order valence-electron chi connectivity index (χ1n) is 8.71. The first-order chi connectivity index (χ1) is 11.2. The molecular weight excluding hydrogens is 288 g/mol. The number of piperazine rings is 1. The number of hydrogen-bond donors (Lipinski definition) is 1. The minimum atomic E-state index is 0.550. The zero-order valence-electron chi connectivity index (χ0n) is 14.1. The number of nitrogens with zero attached hydrogens (tertiary/aromatic N) is 5. The van der Waals surface area contributed by atoms with Gasteiger partial charge in [-0.3, -0.25) is 9.30 Å². The summed E-state index contributed by atoms with van der Waals surface area (Å²) >= 11 is 0. The van der Waals surface area contributed by atoms with E-state index < -0.39 is 0 Å². The van der Waals surface area contributed by atoms with Crippen molar-refractivity contribution in [1.29, 1.82) is 0 Å². The van der Waals surface area contributed by atoms with Crippen LogP contribution in [0.2, 0.25) is 0 Å². The third-order valence-corrected chi connectivity index (χ3v) is 5.55. The third-order valence-electron chi connectivity index (χ3n) is 5.55. The predicted octanol–water partition coefficient (Wildman–Crippen LogP) is 1.37. The Morgan fingerprint density at radius 1 is 1.22 bits per heavy atom. The molecule has 1 aliphatic heterocycles. The molecule has 0 atom stereocenters. The van der Waals surface area contributed by atoms with E-state index >= 15 is 0 Å². The summed E-state index contributed by atoms with van der Waals surface area (Å²) in [6, 6.07) is 0.727. The van der Waals surface area contributed by atoms with Crippen LogP contribution in [-0.2, 0) is 6.42 Å². The summed E-state index contributed by atoms with van der Waals surface area (Å²) in [6.45, 7) is 6.91. The average Bonchev–Trinajstić information content (AvgIpc) is 2.88. The Morgan fingerprint density at radius 2 is 1.96 bits per heavy atom. The third kappa shape index (κ3) is 2.50. The van der Waals surface area contributed by atoms with Gasteiger partial charge in [0.25, 0.3) is 0 Å². The van der Waals surface area contributed by atoms with Gasteiger partial charge in [0.15, 0.2) is 0 Å². The number of rotatable bonds is 3. The van der Waals surface area contributed by atoms with Gasteiger partial charge in [0.1, 0.15) is 17.2 Å². The quantitative estimate of drug-likeness (QED) is 0.927. The molecule has 0 amide bonds. The first kappa shape index (κ1) is 14.9. The van der Waals surface area contributed by atoms with Gasteiger partial charge in [-0.15, -0.1) is 0 Å². The lowest BCUT2D eigenvalue weighted by Gasteiger charge is -2.45. The molecule has 2 aliphatic rings. The van der Waals surface area contributed by atoms with Crippen molar-refractivity contribution in [1.82, 2.24) is 24.2 Å². The van der Waals surface area contributed by atoms with E-state index in [9.17, 15) is 0 Å². The summed E-state index contributed by atoms with van der Waals surface area (Å²) in [5.41, 5.74) is 8.16. The molecule has 1 saturated carbocycles. The second kappa shape index (κ2) is 5.76. The van der Waals surface area contributed by atoms with Gasteiger partial charge >= 0.3 is 0 Å². The Bertz CT molecular complexity index is 694. The SMILES string of the molecule is CCc1nc(C2CC(N3CCN(C)CC3)C2)n2ccnc(N)c12. The molecule has 0 radical (unpaired) electrons. The van der Waals surface area contributed by atoms with Crippen LogP contribution >= 0.6 is 0 Å². The second-order valence-electron chi connectivity index (χ2n) is 6.96. The number of hydrogen-bond acceptors (Lipinski definition) is 5. The maximum absolute atomic E-state index is 6.08. The van der Waals surface area contributed by atoms with Crippen LogP contribution in [0.3, 0.4) is 0 Å². The van der Waals surface area contributed by atoms with E-state index in [0.29, 0.717) is 11.7 Å². The van der Waals surface area contributed by atoms with E-state index in [2.05, 4.69) is 33.2 Å². The van der Waals surface area contributed by atoms with Crippen molar-refractivity contribution < 1.29 is 0 Å². The minimum absolute atomic E-state index is 0.550. The van der Waals surface area contributed by atoms with Crippen LogP contribution in [0.5, 0.6) is 0 Å². The van der Waals surface area contributed by atoms with Gasteiger partial charge in [-0.2, -0.15) is 0 Å². The van der Waals surface area contributed by atoms with Gasteiger partial charge in [-0.05, 0) is 26.3 Å². The molecule has 1 saturated heterocycles. The predicted molar refractivity (Wildman–Crippen MR) is 91.6 cm³/mol. The largest absolute Gasteiger partial charge is 0.382 e. The summed E-state index contributed by atoms with van der Waals surface area (Å²) in [5, 5.41) is 0. The van der Waals surface area contributed by atoms with Crippen LogP contribution < -0.4 is 5.73 Å². The van der Waals surface area contributed by atoms with Crippen LogP contribution in [0.1, 0.15) is 37.2 Å². The van der Waals surface area contributed by atoms with Crippen LogP contribution in [-0.4, -0.2) is 63.4 Å². The number of nitrogens with two attached hydrogens (primary N) is 1. The lowest BCUT2D eigenvalue weighted by atomic mass is 9.78. The number of aromatic nitrogens is 3. The molecule has 1 aliphatic carbocycles. The molecule has 4 rings (SSSR count). The van der Waals surface area contributed by atoms with Gasteiger partial charge in [0.2, 0.25) is 0 Å². The summed E-state index contributed by atoms with van der Waals surface area (Å²) < 4.78 is 2.17. The monoisotopic (exact) mass is 314 g/mol. The van der Waals surface area contributed by atoms with Gasteiger partial charge in [0, 0.05) is 50.5 Å². The highest BCUT2D eigenvalue weighted by Gasteiger charge is 2.38. The lowest BCUT2D eigenvalue weighted by Crippen LogP contribution is -2.52. The normalized spacial score (nSPS) is 26.5. The molecule has 2 N–H and O–H groups in total. The Balaban J connectivity index is 1.52. The number of aryl methyl sites for hydroxylation is 1. The topological polar surface area (TPSA) is 62.7 Å². The second-order valence-corrected chi connectivity index (χ2v) is 6.96. The fourth-order valence-corrected chi connectivity index (χ4v) is 3.98. The summed E-state index contributed by atoms with van der Waals surface area (Å²) in [7, 11) is 2.21. The highest BCUT2D eigenvalue weighted by Crippen LogP contribution is 2.40. The van der Waals surface area contributed by atoms with Crippen LogP contribution in [0.4, 0.5) is 5.82 Å². The molecule has 6 nitrogen and oxygen atoms in total. The van der Waals surface area contributed by atoms with E-state index in [0.717, 1.165) is 23.7 Å². The fraction of sp³-hybridized carbons (Fsp3) is 0.647. The van der Waals surface area contributed by atoms with Crippen molar-refractivity contribution in [3.05, 3.63) is 23.9 Å². The van der Waals surface area contributed by atoms with E-state index in [-0.39, 0.29) is 0 Å². The van der Waals surface area contributed by atoms with Crippen molar-refractivity contribution in [2.75, 3.05) is 39.0 Å². The highest BCUT2D eigenvalue weighted by molar-refractivity contribution is 5.69. The molecule has 0 spiro atoms. The van der Waals surface area contributed by atoms with Crippen LogP contribution in [0.25, 0.3) is 5.52 Å². The number of anilines is 1. The molecule has 3 heterocycles. The molecule has 23 heavy (non-hydrogen) atoms. The smallest absolute Gasteiger partial charge is 0.149 e. The highest BCUT2D eigenvalue weighted by atomic mass is 15.3. The molecule has 2 aromatic heterocycles. The zero-order chi connectivity index (χ0) is 16.0. The van der Waals surface area contributed by atoms with E-state index in [1.54, 1.807) is 6.20 Å². The van der Waals surface area contributed by atoms with Crippen molar-refractivity contribution in [3.63, 3.8) is 0 Å². The molecule has 0 bridgehead atoms. The first-order valence-corrected chi connectivity index (χ1v) is 8.71. The molecule has 2 aromatic rings. The number of nitrogen functional groups attached to an aromatic ring is 1. The molecule has 124 valence electrons. The Morgan fingerprint density at radius 3 is 2.65 bits per heavy atom. The van der Waals surface area contributed by atoms with Gasteiger partial charge in [-0.25, -0.2) is 9.97 Å². The van der Waals surface area contributed by atoms with Crippen molar-refractivity contribution in [3.8, 4) is 0 Å². The summed E-state index contributed by atoms with van der Waals surface area (Å²) in [5.74, 6) is 2.32. The van der Waals surface area contributed by atoms with Crippen molar-refractivity contribution >= 4 is 11.3 Å². The number of fused-ring (bicyclic) bond motifs is 1. The number of imidazole rings is 1. The van der Waals surface area contributed by atoms with Crippen molar-refractivity contribution in [2.24, 2.45) is 0 Å². The molecule has 0 unspecified atom stereocenters. The van der Waals surface area contributed by atoms with E-state index in [4.69, 9.17) is 10.7 Å². The fourth-order valence-electron chi connectivity index (χ4n) is 3.98. The Kier molecular flexibility index (Phi) is 3.73. The Labute approximate surface area is 137 Å². The molecular formula is C17H26N6. The summed E-state index contributed by atoms with van der Waals surface area (Å²) in [6.07, 6.45) is 7.12. The van der Waals surface area contributed by atoms with E-state index in [1.165, 1.54) is 44.8 Å². The standard InChI is InChI=1S/C17H26N6/c1-3-14-15-16(18)19-4-5-23(15)17(20-14)12-10-13(11-12)22-8-6-21(2)7-9-22/h4-5,12-13H,3,6-11H2,1-2H3,(H2,18,19). The van der Waals surface area contributed by atoms with Crippen LogP contribution in [0.15, 0.2) is 12.4 Å². The van der Waals surface area contributed by atoms with Gasteiger partial charge < -0.3 is 10.6 Å². The molecule has 2 fully saturated rings. The minimum Gasteiger partial charge on any atom is -0.382 e. The Hall–Kier alpha value is -1.66. The number of likely N-dealkylation sites (N-methyl/N-ethyl adjacent to an activating group) is 1. The average molecular weight is 314 g/mol. The van der Waals surface area contributed by atoms with Crippen LogP contribution in [0, 0.1) is 0 Å². The van der Waals surface area contributed by atoms with Crippen molar-refractivity contribution in [2.45, 2.75) is 38.1 Å². The molecule has 0 aromatic carbocycles. The lowest BCUT2D eigenvalue weighted by molar-refractivity contribution is 0.0586.